The van der Waals surface area contributed by atoms with E-state index in [1.165, 1.54) is 6.08 Å². The van der Waals surface area contributed by atoms with Gasteiger partial charge in [0.05, 0.1) is 0 Å². The van der Waals surface area contributed by atoms with Crippen molar-refractivity contribution in [3.8, 4) is 0 Å². The Labute approximate surface area is 56.0 Å². The summed E-state index contributed by atoms with van der Waals surface area (Å²) in [7, 11) is 0. The van der Waals surface area contributed by atoms with Crippen LogP contribution in [0.3, 0.4) is 0 Å². The van der Waals surface area contributed by atoms with Crippen LogP contribution in [0.1, 0.15) is 0 Å². The molecule has 1 nitrogen and oxygen atoms in total. The Balaban J connectivity index is 0. The molecule has 0 saturated carbocycles. The quantitative estimate of drug-likeness (QED) is 0.327. The molecule has 0 saturated heterocycles. The first-order valence-corrected chi connectivity index (χ1v) is 1.77. The smallest absolute Gasteiger partial charge is 0.249 e. The van der Waals surface area contributed by atoms with Gasteiger partial charge in [0.25, 0.3) is 0 Å². The molecule has 0 aromatic rings. The van der Waals surface area contributed by atoms with Gasteiger partial charge in [0.1, 0.15) is 0 Å². The van der Waals surface area contributed by atoms with Crippen LogP contribution in [0.25, 0.3) is 0 Å². The summed E-state index contributed by atoms with van der Waals surface area (Å²) in [5.74, 6) is 0. The summed E-state index contributed by atoms with van der Waals surface area (Å²) < 4.78 is -0.0648. The largest absolute Gasteiger partial charge is 0.319 e. The maximum atomic E-state index is 9.66. The second-order valence-corrected chi connectivity index (χ2v) is 1.18. The Bertz CT molecular complexity index is 59.8. The third-order valence-electron chi connectivity index (χ3n) is 0.201. The van der Waals surface area contributed by atoms with Gasteiger partial charge in [0.15, 0.2) is 0 Å². The summed E-state index contributed by atoms with van der Waals surface area (Å²) in [4.78, 5) is 9.66. The molecule has 3 heteroatoms. The van der Waals surface area contributed by atoms with Crippen LogP contribution in [0.2, 0.25) is 0 Å². The zero-order chi connectivity index (χ0) is 4.28. The van der Waals surface area contributed by atoms with Crippen molar-refractivity contribution in [1.29, 1.82) is 0 Å². The molecule has 0 amide bonds. The highest BCUT2D eigenvalue weighted by molar-refractivity contribution is 6.60. The highest BCUT2D eigenvalue weighted by Gasteiger charge is 1.68. The first-order valence-electron chi connectivity index (χ1n) is 1.19. The van der Waals surface area contributed by atoms with Crippen molar-refractivity contribution in [3.63, 3.8) is 0 Å². The number of carbonyl (C=O) groups is 1. The maximum absolute atomic E-state index is 9.66. The molecule has 0 N–H and O–H groups in total. The van der Waals surface area contributed by atoms with Crippen molar-refractivity contribution in [2.24, 2.45) is 0 Å². The standard InChI is InChI=1S/C3H3O.2Al/c1-2-3-4;;/h2H,1H2;;. The first kappa shape index (κ1) is 9.69. The second-order valence-electron chi connectivity index (χ2n) is 0.606. The van der Waals surface area contributed by atoms with E-state index in [-0.39, 0.29) is 22.0 Å². The van der Waals surface area contributed by atoms with Gasteiger partial charge in [0, 0.05) is 22.0 Å². The first-order chi connectivity index (χ1) is 2.27. The minimum Gasteiger partial charge on any atom is -0.319 e. The van der Waals surface area contributed by atoms with Crippen LogP contribution in [0.4, 0.5) is 0 Å². The average Bonchev–Trinajstić information content (AvgIpc) is 1.38. The highest BCUT2D eigenvalue weighted by atomic mass is 27.0. The van der Waals surface area contributed by atoms with Crippen LogP contribution in [0, 0.1) is 0 Å². The predicted molar refractivity (Wildman–Crippen MR) is 26.7 cm³/mol. The van der Waals surface area contributed by atoms with Crippen molar-refractivity contribution in [2.45, 2.75) is 0 Å². The van der Waals surface area contributed by atoms with E-state index < -0.39 is 0 Å². The molecule has 27 valence electrons. The molecule has 0 aliphatic heterocycles. The lowest BCUT2D eigenvalue weighted by atomic mass is 10.7. The zero-order valence-corrected chi connectivity index (χ0v) is 5.66. The van der Waals surface area contributed by atoms with E-state index in [4.69, 9.17) is 0 Å². The van der Waals surface area contributed by atoms with Crippen LogP contribution in [-0.2, 0) is 4.79 Å². The van der Waals surface area contributed by atoms with Gasteiger partial charge in [0.2, 0.25) is 16.3 Å². The number of rotatable bonds is 1. The van der Waals surface area contributed by atoms with E-state index in [2.05, 4.69) is 6.58 Å². The monoisotopic (exact) mass is 109 g/mol. The van der Waals surface area contributed by atoms with Crippen LogP contribution in [0.5, 0.6) is 0 Å². The topological polar surface area (TPSA) is 17.1 Å². The number of hydrogen-bond donors (Lipinski definition) is 0. The summed E-state index contributed by atoms with van der Waals surface area (Å²) in [6.07, 6.45) is 1.24. The Kier molecular flexibility index (Phi) is 8.84. The number of allylic oxidation sites excluding steroid dienone is 1. The normalized spacial score (nSPS) is 5.33. The molecule has 0 spiro atoms. The molecule has 0 atom stereocenters. The van der Waals surface area contributed by atoms with Gasteiger partial charge in [-0.3, -0.25) is 0 Å². The van der Waals surface area contributed by atoms with Gasteiger partial charge in [-0.25, -0.2) is 0 Å². The fraction of sp³-hybridized carbons (Fsp3) is 0. The third-order valence-corrected chi connectivity index (χ3v) is 0.437. The molecule has 0 fully saturated rings. The van der Waals surface area contributed by atoms with E-state index in [9.17, 15) is 4.79 Å². The van der Waals surface area contributed by atoms with E-state index >= 15 is 0 Å². The summed E-state index contributed by atoms with van der Waals surface area (Å²) in [6.45, 7) is 3.19. The summed E-state index contributed by atoms with van der Waals surface area (Å²) in [6, 6.07) is 0. The lowest BCUT2D eigenvalue weighted by Crippen LogP contribution is -1.84. The molecule has 0 heterocycles. The van der Waals surface area contributed by atoms with Gasteiger partial charge < -0.3 is 4.79 Å². The van der Waals surface area contributed by atoms with E-state index in [0.29, 0.717) is 0 Å². The molecule has 0 aliphatic rings. The number of hydrogen-bond acceptors (Lipinski definition) is 1. The molecule has 0 bridgehead atoms. The predicted octanol–water partition coefficient (Wildman–Crippen LogP) is -0.513. The van der Waals surface area contributed by atoms with Gasteiger partial charge >= 0.3 is 0 Å². The Morgan fingerprint density at radius 1 is 1.83 bits per heavy atom. The lowest BCUT2D eigenvalue weighted by molar-refractivity contribution is -0.107. The van der Waals surface area contributed by atoms with Crippen molar-refractivity contribution in [1.82, 2.24) is 0 Å². The minimum atomic E-state index is -0.0648. The van der Waals surface area contributed by atoms with Crippen LogP contribution < -0.4 is 0 Å². The third kappa shape index (κ3) is 8.82. The van der Waals surface area contributed by atoms with Crippen LogP contribution >= 0.6 is 0 Å². The van der Waals surface area contributed by atoms with Crippen LogP contribution in [0.15, 0.2) is 12.7 Å². The SMILES string of the molecule is C=C[C](=O)[Al].[Al]. The summed E-state index contributed by atoms with van der Waals surface area (Å²) in [5.41, 5.74) is 0. The fourth-order valence-corrected chi connectivity index (χ4v) is 0. The molecule has 0 unspecified atom stereocenters. The molecular formula is C3H3Al2O. The summed E-state index contributed by atoms with van der Waals surface area (Å²) in [5, 5.41) is 0. The highest BCUT2D eigenvalue weighted by Crippen LogP contribution is 1.53. The maximum Gasteiger partial charge on any atom is 0.249 e. The van der Waals surface area contributed by atoms with Crippen LogP contribution in [-0.4, -0.2) is 38.3 Å². The van der Waals surface area contributed by atoms with Gasteiger partial charge in [-0.1, -0.05) is 6.58 Å². The van der Waals surface area contributed by atoms with E-state index in [1.54, 1.807) is 0 Å². The van der Waals surface area contributed by atoms with Gasteiger partial charge in [-0.05, 0) is 6.08 Å². The van der Waals surface area contributed by atoms with E-state index in [1.807, 2.05) is 16.3 Å². The number of carbonyl (C=O) groups excluding carboxylic acids is 1. The van der Waals surface area contributed by atoms with Gasteiger partial charge in [-0.15, -0.1) is 0 Å². The molecule has 6 heavy (non-hydrogen) atoms. The Morgan fingerprint density at radius 2 is 2.00 bits per heavy atom. The average molecular weight is 109 g/mol. The van der Waals surface area contributed by atoms with Crippen molar-refractivity contribution < 1.29 is 4.79 Å². The molecule has 0 aromatic heterocycles. The van der Waals surface area contributed by atoms with Crippen molar-refractivity contribution in [2.75, 3.05) is 0 Å². The minimum absolute atomic E-state index is 0. The van der Waals surface area contributed by atoms with Crippen molar-refractivity contribution in [3.05, 3.63) is 12.7 Å². The molecule has 0 aromatic carbocycles. The Morgan fingerprint density at radius 3 is 2.00 bits per heavy atom. The van der Waals surface area contributed by atoms with E-state index in [0.717, 1.165) is 0 Å². The Hall–Kier alpha value is 0.475. The molecule has 0 aliphatic carbocycles. The van der Waals surface area contributed by atoms with Gasteiger partial charge in [-0.2, -0.15) is 0 Å². The van der Waals surface area contributed by atoms with Crippen molar-refractivity contribution >= 4 is 38.3 Å². The lowest BCUT2D eigenvalue weighted by Gasteiger charge is -1.64. The zero-order valence-electron chi connectivity index (χ0n) is 3.35. The molecule has 5 radical (unpaired) electrons. The molecular weight excluding hydrogens is 106 g/mol. The fourth-order valence-electron chi connectivity index (χ4n) is 0. The molecule has 0 rings (SSSR count). The second kappa shape index (κ2) is 5.47. The summed E-state index contributed by atoms with van der Waals surface area (Å²) >= 11 is 1.98.